The summed E-state index contributed by atoms with van der Waals surface area (Å²) in [6.45, 7) is 4.63. The maximum Gasteiger partial charge on any atom is 0.131 e. The number of hydrogen-bond acceptors (Lipinski definition) is 3. The predicted octanol–water partition coefficient (Wildman–Crippen LogP) is -0.148. The van der Waals surface area contributed by atoms with E-state index in [1.807, 2.05) is 0 Å². The molecule has 0 saturated carbocycles. The Bertz CT molecular complexity index is 143. The first-order valence-electron chi connectivity index (χ1n) is 3.70. The van der Waals surface area contributed by atoms with E-state index in [0.717, 1.165) is 26.1 Å². The molecule has 0 amide bonds. The van der Waals surface area contributed by atoms with Crippen LogP contribution in [0.1, 0.15) is 13.3 Å². The third-order valence-electron chi connectivity index (χ3n) is 1.78. The van der Waals surface area contributed by atoms with Crippen molar-refractivity contribution >= 4 is 0 Å². The van der Waals surface area contributed by atoms with Gasteiger partial charge in [0, 0.05) is 13.1 Å². The number of nitrogens with zero attached hydrogens (tertiary/aromatic N) is 1. The lowest BCUT2D eigenvalue weighted by Gasteiger charge is -2.36. The van der Waals surface area contributed by atoms with Crippen molar-refractivity contribution in [1.82, 2.24) is 10.6 Å². The predicted molar refractivity (Wildman–Crippen MR) is 39.5 cm³/mol. The zero-order valence-electron chi connectivity index (χ0n) is 6.28. The van der Waals surface area contributed by atoms with Crippen molar-refractivity contribution in [2.45, 2.75) is 18.9 Å². The minimum Gasteiger partial charge on any atom is -0.311 e. The van der Waals surface area contributed by atoms with Gasteiger partial charge in [-0.2, -0.15) is 5.26 Å². The average Bonchev–Trinajstić information content (AvgIpc) is 1.87. The Labute approximate surface area is 61.4 Å². The Hall–Kier alpha value is -0.590. The fourth-order valence-corrected chi connectivity index (χ4v) is 0.983. The molecule has 0 spiro atoms. The molecule has 0 atom stereocenters. The number of nitriles is 1. The lowest BCUT2D eigenvalue weighted by molar-refractivity contribution is 0.285. The Morgan fingerprint density at radius 1 is 1.70 bits per heavy atom. The molecule has 0 aromatic rings. The van der Waals surface area contributed by atoms with Crippen molar-refractivity contribution in [2.24, 2.45) is 0 Å². The third kappa shape index (κ3) is 1.28. The van der Waals surface area contributed by atoms with E-state index in [1.54, 1.807) is 0 Å². The summed E-state index contributed by atoms with van der Waals surface area (Å²) < 4.78 is 0. The van der Waals surface area contributed by atoms with E-state index in [4.69, 9.17) is 5.26 Å². The molecule has 1 aliphatic heterocycles. The van der Waals surface area contributed by atoms with Gasteiger partial charge in [0.2, 0.25) is 0 Å². The standard InChI is InChI=1S/C7H13N3/c1-2-3-10-7(4-8)5-9-6-7/h9-10H,2-3,5-6H2,1H3. The van der Waals surface area contributed by atoms with Gasteiger partial charge in [0.1, 0.15) is 5.54 Å². The molecule has 10 heavy (non-hydrogen) atoms. The van der Waals surface area contributed by atoms with Gasteiger partial charge in [0.25, 0.3) is 0 Å². The highest BCUT2D eigenvalue weighted by molar-refractivity contribution is 5.15. The first-order chi connectivity index (χ1) is 4.83. The molecule has 1 fully saturated rings. The highest BCUT2D eigenvalue weighted by Crippen LogP contribution is 2.08. The molecular weight excluding hydrogens is 126 g/mol. The van der Waals surface area contributed by atoms with E-state index in [9.17, 15) is 0 Å². The molecule has 0 aromatic heterocycles. The molecular formula is C7H13N3. The SMILES string of the molecule is CCCNC1(C#N)CNC1. The lowest BCUT2D eigenvalue weighted by atomic mass is 9.94. The van der Waals surface area contributed by atoms with E-state index in [-0.39, 0.29) is 5.54 Å². The largest absolute Gasteiger partial charge is 0.311 e. The van der Waals surface area contributed by atoms with Crippen LogP contribution < -0.4 is 10.6 Å². The zero-order valence-corrected chi connectivity index (χ0v) is 6.28. The van der Waals surface area contributed by atoms with Crippen LogP contribution in [0, 0.1) is 11.3 Å². The van der Waals surface area contributed by atoms with Gasteiger partial charge < -0.3 is 5.32 Å². The van der Waals surface area contributed by atoms with Crippen LogP contribution in [-0.4, -0.2) is 25.2 Å². The molecule has 1 heterocycles. The van der Waals surface area contributed by atoms with Crippen LogP contribution in [-0.2, 0) is 0 Å². The monoisotopic (exact) mass is 139 g/mol. The van der Waals surface area contributed by atoms with Crippen LogP contribution >= 0.6 is 0 Å². The second-order valence-corrected chi connectivity index (χ2v) is 2.72. The minimum absolute atomic E-state index is 0.240. The normalized spacial score (nSPS) is 21.2. The molecule has 3 heteroatoms. The lowest BCUT2D eigenvalue weighted by Crippen LogP contribution is -2.67. The van der Waals surface area contributed by atoms with E-state index in [2.05, 4.69) is 23.6 Å². The second-order valence-electron chi connectivity index (χ2n) is 2.72. The van der Waals surface area contributed by atoms with Crippen molar-refractivity contribution in [2.75, 3.05) is 19.6 Å². The number of hydrogen-bond donors (Lipinski definition) is 2. The van der Waals surface area contributed by atoms with Crippen LogP contribution in [0.15, 0.2) is 0 Å². The van der Waals surface area contributed by atoms with Gasteiger partial charge in [-0.1, -0.05) is 6.92 Å². The molecule has 1 saturated heterocycles. The van der Waals surface area contributed by atoms with Gasteiger partial charge >= 0.3 is 0 Å². The molecule has 3 nitrogen and oxygen atoms in total. The summed E-state index contributed by atoms with van der Waals surface area (Å²) in [6.07, 6.45) is 1.09. The molecule has 1 aliphatic rings. The van der Waals surface area contributed by atoms with Crippen LogP contribution in [0.3, 0.4) is 0 Å². The van der Waals surface area contributed by atoms with Crippen molar-refractivity contribution in [3.8, 4) is 6.07 Å². The van der Waals surface area contributed by atoms with Gasteiger partial charge in [-0.05, 0) is 13.0 Å². The third-order valence-corrected chi connectivity index (χ3v) is 1.78. The maximum absolute atomic E-state index is 8.71. The first-order valence-corrected chi connectivity index (χ1v) is 3.70. The molecule has 0 unspecified atom stereocenters. The average molecular weight is 139 g/mol. The Morgan fingerprint density at radius 2 is 2.40 bits per heavy atom. The summed E-state index contributed by atoms with van der Waals surface area (Å²) in [4.78, 5) is 0. The van der Waals surface area contributed by atoms with E-state index in [0.29, 0.717) is 0 Å². The zero-order chi connectivity index (χ0) is 7.45. The molecule has 56 valence electrons. The van der Waals surface area contributed by atoms with Gasteiger partial charge in [0.05, 0.1) is 6.07 Å². The Morgan fingerprint density at radius 3 is 2.70 bits per heavy atom. The molecule has 0 radical (unpaired) electrons. The summed E-state index contributed by atoms with van der Waals surface area (Å²) in [6, 6.07) is 2.28. The molecule has 0 bridgehead atoms. The van der Waals surface area contributed by atoms with Crippen LogP contribution in [0.4, 0.5) is 0 Å². The molecule has 0 aliphatic carbocycles. The summed E-state index contributed by atoms with van der Waals surface area (Å²) in [7, 11) is 0. The molecule has 1 rings (SSSR count). The van der Waals surface area contributed by atoms with Gasteiger partial charge in [0.15, 0.2) is 0 Å². The van der Waals surface area contributed by atoms with Crippen LogP contribution in [0.25, 0.3) is 0 Å². The highest BCUT2D eigenvalue weighted by Gasteiger charge is 2.35. The van der Waals surface area contributed by atoms with Gasteiger partial charge in [-0.15, -0.1) is 0 Å². The number of nitrogens with one attached hydrogen (secondary N) is 2. The van der Waals surface area contributed by atoms with Crippen molar-refractivity contribution in [1.29, 1.82) is 5.26 Å². The van der Waals surface area contributed by atoms with E-state index < -0.39 is 0 Å². The van der Waals surface area contributed by atoms with Crippen LogP contribution in [0.5, 0.6) is 0 Å². The topological polar surface area (TPSA) is 47.9 Å². The maximum atomic E-state index is 8.71. The molecule has 2 N–H and O–H groups in total. The number of rotatable bonds is 3. The van der Waals surface area contributed by atoms with Crippen LogP contribution in [0.2, 0.25) is 0 Å². The van der Waals surface area contributed by atoms with E-state index in [1.165, 1.54) is 0 Å². The van der Waals surface area contributed by atoms with Gasteiger partial charge in [-0.25, -0.2) is 0 Å². The summed E-state index contributed by atoms with van der Waals surface area (Å²) in [5.41, 5.74) is -0.240. The van der Waals surface area contributed by atoms with E-state index >= 15 is 0 Å². The van der Waals surface area contributed by atoms with Crippen molar-refractivity contribution in [3.63, 3.8) is 0 Å². The summed E-state index contributed by atoms with van der Waals surface area (Å²) in [5.74, 6) is 0. The Kier molecular flexibility index (Phi) is 2.25. The smallest absolute Gasteiger partial charge is 0.131 e. The fraction of sp³-hybridized carbons (Fsp3) is 0.857. The van der Waals surface area contributed by atoms with Crippen molar-refractivity contribution in [3.05, 3.63) is 0 Å². The minimum atomic E-state index is -0.240. The Balaban J connectivity index is 2.29. The van der Waals surface area contributed by atoms with Crippen molar-refractivity contribution < 1.29 is 0 Å². The summed E-state index contributed by atoms with van der Waals surface area (Å²) >= 11 is 0. The summed E-state index contributed by atoms with van der Waals surface area (Å²) in [5, 5.41) is 15.0. The fourth-order valence-electron chi connectivity index (χ4n) is 0.983. The highest BCUT2D eigenvalue weighted by atomic mass is 15.1. The van der Waals surface area contributed by atoms with Gasteiger partial charge in [-0.3, -0.25) is 5.32 Å². The second kappa shape index (κ2) is 3.00. The quantitative estimate of drug-likeness (QED) is 0.571. The molecule has 0 aromatic carbocycles. The first kappa shape index (κ1) is 7.52.